The van der Waals surface area contributed by atoms with Gasteiger partial charge in [-0.15, -0.1) is 179 Å². The van der Waals surface area contributed by atoms with Crippen molar-refractivity contribution in [3.8, 4) is 89.8 Å². The van der Waals surface area contributed by atoms with E-state index >= 15 is 0 Å². The Morgan fingerprint density at radius 2 is 0.631 bits per heavy atom. The maximum absolute atomic E-state index is 10.7. The molecule has 0 atom stereocenters. The molecule has 0 aliphatic carbocycles. The van der Waals surface area contributed by atoms with Gasteiger partial charge in [0.25, 0.3) is 0 Å². The second-order valence-electron chi connectivity index (χ2n) is 24.3. The number of halogens is 3. The maximum Gasteiger partial charge on any atom is 3.00 e. The molecule has 0 spiro atoms. The van der Waals surface area contributed by atoms with E-state index in [0.717, 1.165) is 53.4 Å². The quantitative estimate of drug-likeness (QED) is 0.0534. The maximum atomic E-state index is 10.7. The number of alkyl halides is 3. The number of aromatic nitrogens is 6. The van der Waals surface area contributed by atoms with E-state index in [4.69, 9.17) is 54.7 Å². The summed E-state index contributed by atoms with van der Waals surface area (Å²) < 4.78 is 145. The largest absolute Gasteiger partial charge is 3.00 e. The molecule has 8 aromatic carbocycles. The fourth-order valence-corrected chi connectivity index (χ4v) is 17.1. The molecule has 0 saturated carbocycles. The van der Waals surface area contributed by atoms with Gasteiger partial charge in [0.2, 0.25) is 0 Å². The Hall–Kier alpha value is -10.0. The summed E-state index contributed by atoms with van der Waals surface area (Å²) in [5.41, 5.74) is 11.3. The summed E-state index contributed by atoms with van der Waals surface area (Å²) in [6, 6.07) is 97.8. The average molecular weight is 1900 g/mol. The summed E-state index contributed by atoms with van der Waals surface area (Å²) in [4.78, 5) is 26.0. The van der Waals surface area contributed by atoms with Gasteiger partial charge in [-0.25, -0.2) is 0 Å². The van der Waals surface area contributed by atoms with Gasteiger partial charge in [0.05, 0.1) is 5.69 Å². The average Bonchev–Trinajstić information content (AvgIpc) is 1.59. The van der Waals surface area contributed by atoms with E-state index < -0.39 is 59.2 Å². The van der Waals surface area contributed by atoms with Crippen molar-refractivity contribution in [2.75, 3.05) is 20.8 Å². The molecule has 0 unspecified atom stereocenters. The normalized spacial score (nSPS) is 13.5. The Labute approximate surface area is 697 Å². The molecule has 14 aromatic rings. The number of hydrogen-bond acceptors (Lipinski definition) is 11. The number of fused-ring (bicyclic) bond motifs is 6. The van der Waals surface area contributed by atoms with E-state index in [0.29, 0.717) is 45.0 Å². The zero-order valence-corrected chi connectivity index (χ0v) is 69.1. The Morgan fingerprint density at radius 1 is 0.378 bits per heavy atom. The van der Waals surface area contributed by atoms with Gasteiger partial charge < -0.3 is 40.2 Å². The molecule has 2 aliphatic heterocycles. The van der Waals surface area contributed by atoms with Gasteiger partial charge in [-0.3, -0.25) is 9.54 Å². The first-order valence-electron chi connectivity index (χ1n) is 39.8. The fraction of sp³-hybridized carbons (Fsp3) is 0.143. The van der Waals surface area contributed by atoms with Gasteiger partial charge in [-0.2, -0.15) is 21.6 Å². The smallest absolute Gasteiger partial charge is 0.400 e. The summed E-state index contributed by atoms with van der Waals surface area (Å²) >= 11 is 0. The number of aliphatic hydroxyl groups excluding tert-OH is 3. The third-order valence-electron chi connectivity index (χ3n) is 16.3. The Bertz CT molecular complexity index is 5200. The summed E-state index contributed by atoms with van der Waals surface area (Å²) in [5, 5.41) is 27.5. The van der Waals surface area contributed by atoms with Crippen LogP contribution in [0, 0.1) is 57.7 Å². The first-order chi connectivity index (χ1) is 57.3. The first-order valence-corrected chi connectivity index (χ1v) is 41.3. The molecule has 0 bridgehead atoms. The van der Waals surface area contributed by atoms with Crippen LogP contribution in [0.15, 0.2) is 298 Å². The van der Waals surface area contributed by atoms with Crippen LogP contribution >= 0.6 is 0 Å². The van der Waals surface area contributed by atoms with Gasteiger partial charge in [-0.1, -0.05) is 158 Å². The minimum Gasteiger partial charge on any atom is -0.400 e. The molecule has 0 fully saturated rings. The molecule has 573 valence electrons. The van der Waals surface area contributed by atoms with Crippen molar-refractivity contribution >= 4 is 47.0 Å². The standard InChI is InChI=1S/C19H17NSi.C19H16NSi.4C12H10N.C2H6O.CHF3O3S.2CH4O.2Ir/c2*1-21(2)18-11-7-6-10-15(18)16-12-17(20-13-19(16)21)14-8-4-3-5-9-14;4*1-10-7-8-13-12(9-10)11-5-3-2-4-6-11;1-2-3;2-1(3,4)8(5,6)7;2*1-2;;/h3-13H,1-2H3;3-8,10-13H,1-2H3;4*2-5,7-9H,1H3;3H,2H2,1H3;(H,5,6,7);2*2H,1H3;;/q;5*-1;;;;;;+3/i;;4*1D3;;;;;;. The zero-order chi connectivity index (χ0) is 89.0. The molecule has 4 N–H and O–H groups in total. The molecule has 20 heteroatoms. The van der Waals surface area contributed by atoms with Gasteiger partial charge in [0, 0.05) is 100 Å². The molecular formula is C91H88F3Ir2N6O6SSi2-2. The third-order valence-corrected chi connectivity index (χ3v) is 23.9. The van der Waals surface area contributed by atoms with E-state index in [-0.39, 0.29) is 46.8 Å². The minimum atomic E-state index is -5.84. The molecule has 0 saturated heterocycles. The van der Waals surface area contributed by atoms with Crippen LogP contribution in [0.5, 0.6) is 0 Å². The number of nitrogens with zero attached hydrogens (tertiary/aromatic N) is 6. The van der Waals surface area contributed by atoms with Crippen LogP contribution in [0.2, 0.25) is 26.2 Å². The fourth-order valence-electron chi connectivity index (χ4n) is 11.2. The van der Waals surface area contributed by atoms with Crippen molar-refractivity contribution in [2.24, 2.45) is 0 Å². The molecule has 111 heavy (non-hydrogen) atoms. The van der Waals surface area contributed by atoms with Gasteiger partial charge >= 0.3 is 35.7 Å². The predicted molar refractivity (Wildman–Crippen MR) is 442 cm³/mol. The van der Waals surface area contributed by atoms with E-state index in [2.05, 4.69) is 180 Å². The number of rotatable bonds is 6. The number of benzene rings is 8. The number of pyridine rings is 6. The third kappa shape index (κ3) is 26.3. The molecule has 16 rings (SSSR count). The summed E-state index contributed by atoms with van der Waals surface area (Å²) in [7, 11) is -6.99. The molecule has 12 nitrogen and oxygen atoms in total. The van der Waals surface area contributed by atoms with Crippen LogP contribution in [-0.4, -0.2) is 101 Å². The predicted octanol–water partition coefficient (Wildman–Crippen LogP) is 17.9. The van der Waals surface area contributed by atoms with Crippen molar-refractivity contribution in [3.63, 3.8) is 0 Å². The zero-order valence-electron chi connectivity index (χ0n) is 73.5. The van der Waals surface area contributed by atoms with Crippen LogP contribution in [0.4, 0.5) is 13.2 Å². The summed E-state index contributed by atoms with van der Waals surface area (Å²) in [6.07, 6.45) is 10.3. The number of aryl methyl sites for hydroxylation is 4. The number of aliphatic hydroxyl groups is 3. The molecule has 8 heterocycles. The molecule has 2 aliphatic rings. The van der Waals surface area contributed by atoms with Gasteiger partial charge in [-0.05, 0) is 136 Å². The SMILES string of the molecule is CCO.CO.CO.C[Si]1(C)c2ccccc2-c2cc(-c3[c-]cccc3)ncc21.C[Si]1(C)c2ccccc2-c2cc(-c3ccccc3)ncc21.O=S(=O)(O)C(F)(F)F.[2H]C([2H])([2H])c1ccnc(-c2[c-]cccc2)c1.[2H]C([2H])([2H])c1ccnc(-c2[c-]cccc2)c1.[2H]C([2H])([2H])c1ccnc(-c2[c-]cccc2)c1.[2H]C([2H])([2H])c1ccnc(-c2[c-]cccc2)c1.[Ir+3].[Ir]. The second kappa shape index (κ2) is 45.3. The minimum absolute atomic E-state index is 0. The van der Waals surface area contributed by atoms with Crippen LogP contribution in [0.3, 0.4) is 0 Å². The Balaban J connectivity index is 0.000000254. The van der Waals surface area contributed by atoms with Crippen molar-refractivity contribution in [1.82, 2.24) is 29.9 Å². The van der Waals surface area contributed by atoms with Gasteiger partial charge in [0.1, 0.15) is 16.1 Å². The second-order valence-corrected chi connectivity index (χ2v) is 34.3. The van der Waals surface area contributed by atoms with E-state index in [1.54, 1.807) is 55.5 Å². The topological polar surface area (TPSA) is 192 Å². The molecular weight excluding hydrogens is 1800 g/mol. The molecule has 1 radical (unpaired) electrons. The van der Waals surface area contributed by atoms with Crippen LogP contribution in [0.1, 0.15) is 45.6 Å². The van der Waals surface area contributed by atoms with Crippen LogP contribution in [-0.2, 0) is 50.3 Å². The van der Waals surface area contributed by atoms with Crippen LogP contribution in [0.25, 0.3) is 89.8 Å². The monoisotopic (exact) mass is 1900 g/mol. The van der Waals surface area contributed by atoms with Crippen molar-refractivity contribution in [3.05, 3.63) is 351 Å². The Kier molecular flexibility index (Phi) is 30.1. The first kappa shape index (κ1) is 73.8. The van der Waals surface area contributed by atoms with Gasteiger partial charge in [0.15, 0.2) is 0 Å². The Morgan fingerprint density at radius 3 is 0.901 bits per heavy atom. The van der Waals surface area contributed by atoms with Crippen molar-refractivity contribution < 1.29 is 98.1 Å². The summed E-state index contributed by atoms with van der Waals surface area (Å²) in [5.74, 6) is 0. The molecule has 6 aromatic heterocycles. The van der Waals surface area contributed by atoms with Crippen molar-refractivity contribution in [2.45, 2.75) is 66.0 Å². The number of hydrogen-bond donors (Lipinski definition) is 4. The summed E-state index contributed by atoms with van der Waals surface area (Å²) in [6.45, 7) is 3.22. The van der Waals surface area contributed by atoms with Crippen molar-refractivity contribution in [1.29, 1.82) is 0 Å². The van der Waals surface area contributed by atoms with E-state index in [9.17, 15) is 13.2 Å². The van der Waals surface area contributed by atoms with E-state index in [1.165, 1.54) is 97.6 Å². The van der Waals surface area contributed by atoms with Crippen LogP contribution < -0.4 is 20.7 Å². The molecule has 0 amide bonds. The van der Waals surface area contributed by atoms with E-state index in [1.807, 2.05) is 97.1 Å².